The maximum absolute atomic E-state index is 12.1. The number of H-pyrrole nitrogens is 1. The average molecular weight is 238 g/mol. The molecule has 0 atom stereocenters. The largest absolute Gasteiger partial charge is 0.307 e. The van der Waals surface area contributed by atoms with Gasteiger partial charge < -0.3 is 5.32 Å². The Morgan fingerprint density at radius 3 is 2.89 bits per heavy atom. The van der Waals surface area contributed by atoms with Crippen molar-refractivity contribution in [2.75, 3.05) is 5.32 Å². The number of fused-ring (bicyclic) bond motifs is 1. The zero-order valence-electron chi connectivity index (χ0n) is 9.42. The number of rotatable bonds is 2. The minimum atomic E-state index is -0.183. The zero-order valence-corrected chi connectivity index (χ0v) is 9.42. The van der Waals surface area contributed by atoms with Gasteiger partial charge in [-0.1, -0.05) is 12.1 Å². The molecule has 3 aromatic rings. The number of amides is 1. The van der Waals surface area contributed by atoms with Crippen LogP contribution in [0, 0.1) is 0 Å². The summed E-state index contributed by atoms with van der Waals surface area (Å²) < 4.78 is 0. The Bertz CT molecular complexity index is 686. The summed E-state index contributed by atoms with van der Waals surface area (Å²) >= 11 is 0. The van der Waals surface area contributed by atoms with E-state index in [1.54, 1.807) is 24.5 Å². The second-order valence-corrected chi connectivity index (χ2v) is 3.80. The number of aromatic nitrogens is 3. The molecule has 0 aliphatic heterocycles. The minimum Gasteiger partial charge on any atom is -0.307 e. The summed E-state index contributed by atoms with van der Waals surface area (Å²) in [5.41, 5.74) is 1.39. The first-order valence-corrected chi connectivity index (χ1v) is 5.49. The Kier molecular flexibility index (Phi) is 2.49. The standard InChI is InChI=1S/C13H10N4O/c18-13(16-12-6-8-15-17-12)10-3-1-5-11-9(10)4-2-7-14-11/h1-8H,(H2,15,16,17,18). The minimum absolute atomic E-state index is 0.183. The second kappa shape index (κ2) is 4.29. The van der Waals surface area contributed by atoms with Gasteiger partial charge in [-0.05, 0) is 18.2 Å². The zero-order chi connectivity index (χ0) is 12.4. The van der Waals surface area contributed by atoms with Crippen molar-refractivity contribution in [3.63, 3.8) is 0 Å². The fraction of sp³-hybridized carbons (Fsp3) is 0. The van der Waals surface area contributed by atoms with Gasteiger partial charge in [-0.15, -0.1) is 0 Å². The molecule has 1 aromatic carbocycles. The molecule has 3 rings (SSSR count). The van der Waals surface area contributed by atoms with Crippen molar-refractivity contribution >= 4 is 22.6 Å². The first-order valence-electron chi connectivity index (χ1n) is 5.49. The molecule has 0 fully saturated rings. The van der Waals surface area contributed by atoms with Crippen LogP contribution in [0.15, 0.2) is 48.8 Å². The van der Waals surface area contributed by atoms with Gasteiger partial charge in [0.25, 0.3) is 5.91 Å². The SMILES string of the molecule is O=C(Nc1ccn[nH]1)c1cccc2ncccc12. The Balaban J connectivity index is 2.01. The highest BCUT2D eigenvalue weighted by molar-refractivity contribution is 6.12. The number of nitrogens with zero attached hydrogens (tertiary/aromatic N) is 2. The van der Waals surface area contributed by atoms with E-state index in [1.165, 1.54) is 0 Å². The van der Waals surface area contributed by atoms with Gasteiger partial charge in [0, 0.05) is 23.2 Å². The highest BCUT2D eigenvalue weighted by atomic mass is 16.1. The van der Waals surface area contributed by atoms with E-state index in [9.17, 15) is 4.79 Å². The van der Waals surface area contributed by atoms with Crippen LogP contribution in [0.2, 0.25) is 0 Å². The summed E-state index contributed by atoms with van der Waals surface area (Å²) in [6.45, 7) is 0. The van der Waals surface area contributed by atoms with Crippen LogP contribution in [0.4, 0.5) is 5.82 Å². The summed E-state index contributed by atoms with van der Waals surface area (Å²) in [4.78, 5) is 16.4. The Hall–Kier alpha value is -2.69. The van der Waals surface area contributed by atoms with Crippen molar-refractivity contribution in [2.45, 2.75) is 0 Å². The molecule has 0 saturated carbocycles. The summed E-state index contributed by atoms with van der Waals surface area (Å²) in [7, 11) is 0. The fourth-order valence-electron chi connectivity index (χ4n) is 1.82. The van der Waals surface area contributed by atoms with Crippen LogP contribution in [0.3, 0.4) is 0 Å². The Labute approximate surface area is 103 Å². The van der Waals surface area contributed by atoms with Crippen LogP contribution in [0.25, 0.3) is 10.9 Å². The molecule has 5 heteroatoms. The average Bonchev–Trinajstić information content (AvgIpc) is 2.91. The molecule has 18 heavy (non-hydrogen) atoms. The summed E-state index contributed by atoms with van der Waals surface area (Å²) in [5, 5.41) is 10.0. The lowest BCUT2D eigenvalue weighted by Gasteiger charge is -2.05. The topological polar surface area (TPSA) is 70.7 Å². The summed E-state index contributed by atoms with van der Waals surface area (Å²) in [6.07, 6.45) is 3.29. The fourth-order valence-corrected chi connectivity index (χ4v) is 1.82. The van der Waals surface area contributed by atoms with Gasteiger partial charge in [-0.2, -0.15) is 5.10 Å². The van der Waals surface area contributed by atoms with E-state index in [0.717, 1.165) is 10.9 Å². The van der Waals surface area contributed by atoms with Crippen molar-refractivity contribution in [3.8, 4) is 0 Å². The normalized spacial score (nSPS) is 10.4. The van der Waals surface area contributed by atoms with Crippen LogP contribution in [-0.4, -0.2) is 21.1 Å². The number of hydrogen-bond acceptors (Lipinski definition) is 3. The number of nitrogens with one attached hydrogen (secondary N) is 2. The number of pyridine rings is 1. The molecular weight excluding hydrogens is 228 g/mol. The van der Waals surface area contributed by atoms with Gasteiger partial charge in [0.1, 0.15) is 5.82 Å². The number of anilines is 1. The molecule has 0 saturated heterocycles. The van der Waals surface area contributed by atoms with Crippen LogP contribution in [0.5, 0.6) is 0 Å². The molecule has 5 nitrogen and oxygen atoms in total. The molecule has 2 aromatic heterocycles. The van der Waals surface area contributed by atoms with Crippen LogP contribution < -0.4 is 5.32 Å². The van der Waals surface area contributed by atoms with E-state index in [4.69, 9.17) is 0 Å². The van der Waals surface area contributed by atoms with Crippen molar-refractivity contribution in [3.05, 3.63) is 54.4 Å². The number of hydrogen-bond donors (Lipinski definition) is 2. The number of benzene rings is 1. The van der Waals surface area contributed by atoms with Crippen molar-refractivity contribution in [1.29, 1.82) is 0 Å². The number of carbonyl (C=O) groups excluding carboxylic acids is 1. The van der Waals surface area contributed by atoms with Gasteiger partial charge >= 0.3 is 0 Å². The third-order valence-electron chi connectivity index (χ3n) is 2.64. The van der Waals surface area contributed by atoms with Gasteiger partial charge in [0.05, 0.1) is 11.7 Å². The summed E-state index contributed by atoms with van der Waals surface area (Å²) in [5.74, 6) is 0.388. The molecular formula is C13H10N4O. The van der Waals surface area contributed by atoms with Crippen LogP contribution in [0.1, 0.15) is 10.4 Å². The first-order chi connectivity index (χ1) is 8.84. The quantitative estimate of drug-likeness (QED) is 0.719. The highest BCUT2D eigenvalue weighted by Gasteiger charge is 2.10. The van der Waals surface area contributed by atoms with Crippen molar-refractivity contribution < 1.29 is 4.79 Å². The molecule has 2 heterocycles. The van der Waals surface area contributed by atoms with Crippen molar-refractivity contribution in [2.24, 2.45) is 0 Å². The maximum atomic E-state index is 12.1. The van der Waals surface area contributed by atoms with Crippen LogP contribution in [-0.2, 0) is 0 Å². The van der Waals surface area contributed by atoms with E-state index in [-0.39, 0.29) is 5.91 Å². The lowest BCUT2D eigenvalue weighted by Crippen LogP contribution is -2.12. The molecule has 0 bridgehead atoms. The molecule has 0 radical (unpaired) electrons. The third-order valence-corrected chi connectivity index (χ3v) is 2.64. The predicted molar refractivity (Wildman–Crippen MR) is 68.3 cm³/mol. The molecule has 0 aliphatic carbocycles. The summed E-state index contributed by atoms with van der Waals surface area (Å²) in [6, 6.07) is 10.9. The van der Waals surface area contributed by atoms with Crippen LogP contribution >= 0.6 is 0 Å². The van der Waals surface area contributed by atoms with E-state index >= 15 is 0 Å². The predicted octanol–water partition coefficient (Wildman–Crippen LogP) is 2.21. The lowest BCUT2D eigenvalue weighted by molar-refractivity contribution is 0.102. The van der Waals surface area contributed by atoms with E-state index in [1.807, 2.05) is 24.3 Å². The van der Waals surface area contributed by atoms with Gasteiger partial charge in [-0.3, -0.25) is 14.9 Å². The van der Waals surface area contributed by atoms with E-state index in [0.29, 0.717) is 11.4 Å². The number of carbonyl (C=O) groups is 1. The smallest absolute Gasteiger partial charge is 0.257 e. The van der Waals surface area contributed by atoms with Gasteiger partial charge in [-0.25, -0.2) is 0 Å². The Morgan fingerprint density at radius 1 is 1.11 bits per heavy atom. The molecule has 88 valence electrons. The third kappa shape index (κ3) is 1.82. The highest BCUT2D eigenvalue weighted by Crippen LogP contribution is 2.17. The Morgan fingerprint density at radius 2 is 2.06 bits per heavy atom. The van der Waals surface area contributed by atoms with E-state index < -0.39 is 0 Å². The molecule has 0 aliphatic rings. The second-order valence-electron chi connectivity index (χ2n) is 3.80. The van der Waals surface area contributed by atoms with Crippen molar-refractivity contribution in [1.82, 2.24) is 15.2 Å². The molecule has 0 unspecified atom stereocenters. The molecule has 0 spiro atoms. The number of aromatic amines is 1. The van der Waals surface area contributed by atoms with E-state index in [2.05, 4.69) is 20.5 Å². The lowest BCUT2D eigenvalue weighted by atomic mass is 10.1. The van der Waals surface area contributed by atoms with Gasteiger partial charge in [0.2, 0.25) is 0 Å². The monoisotopic (exact) mass is 238 g/mol. The van der Waals surface area contributed by atoms with Gasteiger partial charge in [0.15, 0.2) is 0 Å². The first kappa shape index (κ1) is 10.5. The molecule has 2 N–H and O–H groups in total. The maximum Gasteiger partial charge on any atom is 0.257 e. The molecule has 1 amide bonds.